The fourth-order valence-electron chi connectivity index (χ4n) is 4.20. The van der Waals surface area contributed by atoms with Crippen LogP contribution in [0.4, 0.5) is 0 Å². The smallest absolute Gasteiger partial charge is 0.251 e. The number of likely N-dealkylation sites (tertiary alicyclic amines) is 1. The third-order valence-corrected chi connectivity index (χ3v) is 6.30. The molecular weight excluding hydrogens is 450 g/mol. The first kappa shape index (κ1) is 24.0. The number of ether oxygens (including phenoxy) is 2. The molecule has 1 aliphatic heterocycles. The van der Waals surface area contributed by atoms with Crippen molar-refractivity contribution in [3.05, 3.63) is 88.7 Å². The fraction of sp³-hybridized carbons (Fsp3) is 0.333. The van der Waals surface area contributed by atoms with Crippen molar-refractivity contribution in [1.29, 1.82) is 0 Å². The molecule has 1 saturated heterocycles. The van der Waals surface area contributed by atoms with Crippen LogP contribution in [-0.4, -0.2) is 42.0 Å². The molecule has 0 radical (unpaired) electrons. The number of nitrogens with one attached hydrogen (secondary N) is 1. The molecular formula is C27H30ClN3O3. The summed E-state index contributed by atoms with van der Waals surface area (Å²) in [6.45, 7) is 5.26. The van der Waals surface area contributed by atoms with Crippen LogP contribution >= 0.6 is 11.6 Å². The van der Waals surface area contributed by atoms with Gasteiger partial charge in [-0.05, 0) is 80.4 Å². The van der Waals surface area contributed by atoms with E-state index in [0.717, 1.165) is 42.1 Å². The van der Waals surface area contributed by atoms with Crippen LogP contribution < -0.4 is 14.8 Å². The molecule has 0 saturated carbocycles. The number of pyridine rings is 1. The molecule has 178 valence electrons. The van der Waals surface area contributed by atoms with Crippen LogP contribution in [0.3, 0.4) is 0 Å². The van der Waals surface area contributed by atoms with Gasteiger partial charge in [0.1, 0.15) is 6.61 Å². The highest BCUT2D eigenvalue weighted by Gasteiger charge is 2.25. The Morgan fingerprint density at radius 3 is 2.56 bits per heavy atom. The monoisotopic (exact) mass is 479 g/mol. The van der Waals surface area contributed by atoms with Crippen molar-refractivity contribution in [2.45, 2.75) is 32.4 Å². The topological polar surface area (TPSA) is 63.7 Å². The molecule has 1 atom stereocenters. The number of carbonyl (C=O) groups excluding carboxylic acids is 1. The van der Waals surface area contributed by atoms with E-state index in [-0.39, 0.29) is 11.9 Å². The summed E-state index contributed by atoms with van der Waals surface area (Å²) in [7, 11) is 0. The van der Waals surface area contributed by atoms with Gasteiger partial charge in [-0.15, -0.1) is 0 Å². The molecule has 6 nitrogen and oxygen atoms in total. The molecule has 2 aromatic carbocycles. The van der Waals surface area contributed by atoms with Crippen molar-refractivity contribution in [3.63, 3.8) is 0 Å². The van der Waals surface area contributed by atoms with Crippen LogP contribution in [0.1, 0.15) is 47.3 Å². The Labute approximate surface area is 205 Å². The lowest BCUT2D eigenvalue weighted by Crippen LogP contribution is -2.37. The van der Waals surface area contributed by atoms with Gasteiger partial charge in [-0.25, -0.2) is 0 Å². The van der Waals surface area contributed by atoms with Crippen LogP contribution in [0.25, 0.3) is 0 Å². The molecule has 34 heavy (non-hydrogen) atoms. The first-order valence-electron chi connectivity index (χ1n) is 11.7. The summed E-state index contributed by atoms with van der Waals surface area (Å²) in [6, 6.07) is 17.0. The zero-order valence-corrected chi connectivity index (χ0v) is 20.1. The minimum absolute atomic E-state index is 0.0366. The first-order valence-corrected chi connectivity index (χ1v) is 12.1. The van der Waals surface area contributed by atoms with Crippen LogP contribution in [0.15, 0.2) is 67.0 Å². The van der Waals surface area contributed by atoms with Crippen molar-refractivity contribution in [2.24, 2.45) is 0 Å². The van der Waals surface area contributed by atoms with Crippen molar-refractivity contribution < 1.29 is 14.3 Å². The van der Waals surface area contributed by atoms with Gasteiger partial charge in [-0.1, -0.05) is 29.8 Å². The molecule has 0 spiro atoms. The Morgan fingerprint density at radius 1 is 1.06 bits per heavy atom. The SMILES string of the molecule is CCOc1cc(C(=O)NCC(c2ccccc2Cl)N2CCCC2)ccc1OCc1ccncc1. The van der Waals surface area contributed by atoms with Gasteiger partial charge in [0.25, 0.3) is 5.91 Å². The zero-order chi connectivity index (χ0) is 23.8. The van der Waals surface area contributed by atoms with E-state index in [4.69, 9.17) is 21.1 Å². The molecule has 0 bridgehead atoms. The lowest BCUT2D eigenvalue weighted by Gasteiger charge is -2.29. The minimum atomic E-state index is -0.155. The molecule has 7 heteroatoms. The molecule has 1 unspecified atom stereocenters. The van der Waals surface area contributed by atoms with Crippen molar-refractivity contribution in [2.75, 3.05) is 26.2 Å². The number of amides is 1. The van der Waals surface area contributed by atoms with E-state index in [1.54, 1.807) is 30.6 Å². The van der Waals surface area contributed by atoms with Gasteiger partial charge in [0.05, 0.1) is 12.6 Å². The summed E-state index contributed by atoms with van der Waals surface area (Å²) in [5.41, 5.74) is 2.58. The van der Waals surface area contributed by atoms with Crippen molar-refractivity contribution >= 4 is 17.5 Å². The molecule has 1 aromatic heterocycles. The Bertz CT molecular complexity index is 1090. The van der Waals surface area contributed by atoms with E-state index in [9.17, 15) is 4.79 Å². The molecule has 2 heterocycles. The fourth-order valence-corrected chi connectivity index (χ4v) is 4.46. The minimum Gasteiger partial charge on any atom is -0.490 e. The maximum absolute atomic E-state index is 13.1. The first-order chi connectivity index (χ1) is 16.7. The highest BCUT2D eigenvalue weighted by molar-refractivity contribution is 6.31. The Hall–Kier alpha value is -3.09. The second-order valence-electron chi connectivity index (χ2n) is 8.23. The summed E-state index contributed by atoms with van der Waals surface area (Å²) >= 11 is 6.50. The van der Waals surface area contributed by atoms with E-state index in [1.165, 1.54) is 0 Å². The zero-order valence-electron chi connectivity index (χ0n) is 19.4. The molecule has 0 aliphatic carbocycles. The third-order valence-electron chi connectivity index (χ3n) is 5.95. The Morgan fingerprint density at radius 2 is 1.82 bits per heavy atom. The number of hydrogen-bond donors (Lipinski definition) is 1. The largest absolute Gasteiger partial charge is 0.490 e. The number of nitrogens with zero attached hydrogens (tertiary/aromatic N) is 2. The second kappa shape index (κ2) is 11.9. The Balaban J connectivity index is 1.45. The molecule has 4 rings (SSSR count). The van der Waals surface area contributed by atoms with Gasteiger partial charge < -0.3 is 14.8 Å². The van der Waals surface area contributed by atoms with E-state index in [2.05, 4.69) is 15.2 Å². The van der Waals surface area contributed by atoms with E-state index in [1.807, 2.05) is 43.3 Å². The van der Waals surface area contributed by atoms with Crippen LogP contribution in [-0.2, 0) is 6.61 Å². The van der Waals surface area contributed by atoms with Crippen molar-refractivity contribution in [3.8, 4) is 11.5 Å². The third kappa shape index (κ3) is 6.07. The van der Waals surface area contributed by atoms with Gasteiger partial charge in [0.15, 0.2) is 11.5 Å². The summed E-state index contributed by atoms with van der Waals surface area (Å²) in [6.07, 6.45) is 5.78. The number of hydrogen-bond acceptors (Lipinski definition) is 5. The molecule has 3 aromatic rings. The van der Waals surface area contributed by atoms with Gasteiger partial charge in [0, 0.05) is 29.5 Å². The van der Waals surface area contributed by atoms with Gasteiger partial charge in [-0.3, -0.25) is 14.7 Å². The highest BCUT2D eigenvalue weighted by atomic mass is 35.5. The van der Waals surface area contributed by atoms with Gasteiger partial charge in [-0.2, -0.15) is 0 Å². The number of carbonyl (C=O) groups is 1. The number of rotatable bonds is 10. The summed E-state index contributed by atoms with van der Waals surface area (Å²) in [4.78, 5) is 19.5. The molecule has 1 aliphatic rings. The molecule has 1 N–H and O–H groups in total. The average molecular weight is 480 g/mol. The molecule has 1 fully saturated rings. The maximum atomic E-state index is 13.1. The second-order valence-corrected chi connectivity index (χ2v) is 8.64. The van der Waals surface area contributed by atoms with E-state index in [0.29, 0.717) is 36.8 Å². The van der Waals surface area contributed by atoms with Gasteiger partial charge >= 0.3 is 0 Å². The molecule has 1 amide bonds. The van der Waals surface area contributed by atoms with Crippen LogP contribution in [0.5, 0.6) is 11.5 Å². The number of benzene rings is 2. The summed E-state index contributed by atoms with van der Waals surface area (Å²) in [5, 5.41) is 3.83. The van der Waals surface area contributed by atoms with Gasteiger partial charge in [0.2, 0.25) is 0 Å². The van der Waals surface area contributed by atoms with Crippen LogP contribution in [0, 0.1) is 0 Å². The number of aromatic nitrogens is 1. The summed E-state index contributed by atoms with van der Waals surface area (Å²) < 4.78 is 11.7. The lowest BCUT2D eigenvalue weighted by molar-refractivity contribution is 0.0937. The van der Waals surface area contributed by atoms with E-state index >= 15 is 0 Å². The highest BCUT2D eigenvalue weighted by Crippen LogP contribution is 2.31. The average Bonchev–Trinajstić information content (AvgIpc) is 3.40. The van der Waals surface area contributed by atoms with Crippen molar-refractivity contribution in [1.82, 2.24) is 15.2 Å². The quantitative estimate of drug-likeness (QED) is 0.428. The Kier molecular flexibility index (Phi) is 8.39. The van der Waals surface area contributed by atoms with Crippen LogP contribution in [0.2, 0.25) is 5.02 Å². The lowest BCUT2D eigenvalue weighted by atomic mass is 10.0. The predicted molar refractivity (Wildman–Crippen MR) is 134 cm³/mol. The van der Waals surface area contributed by atoms with E-state index < -0.39 is 0 Å². The predicted octanol–water partition coefficient (Wildman–Crippen LogP) is 5.28. The maximum Gasteiger partial charge on any atom is 0.251 e. The summed E-state index contributed by atoms with van der Waals surface area (Å²) in [5.74, 6) is 0.991. The normalized spacial score (nSPS) is 14.5. The number of halogens is 1. The standard InChI is InChI=1S/C27H30ClN3O3/c1-2-33-26-17-21(9-10-25(26)34-19-20-11-13-29-14-12-20)27(32)30-18-24(31-15-5-6-16-31)22-7-3-4-8-23(22)28/h3-4,7-14,17,24H,2,5-6,15-16,18-19H2,1H3,(H,30,32).